The van der Waals surface area contributed by atoms with E-state index in [2.05, 4.69) is 46.4 Å². The summed E-state index contributed by atoms with van der Waals surface area (Å²) in [7, 11) is 0. The summed E-state index contributed by atoms with van der Waals surface area (Å²) in [5.41, 5.74) is 0.364. The molecule has 0 aromatic heterocycles. The van der Waals surface area contributed by atoms with Gasteiger partial charge >= 0.3 is 0 Å². The quantitative estimate of drug-likeness (QED) is 0.529. The molecule has 0 saturated heterocycles. The van der Waals surface area contributed by atoms with Crippen LogP contribution in [-0.4, -0.2) is 0 Å². The minimum atomic E-state index is 0.364. The molecule has 0 bridgehead atoms. The summed E-state index contributed by atoms with van der Waals surface area (Å²) in [5.74, 6) is 0.712. The third-order valence-corrected chi connectivity index (χ3v) is 2.88. The predicted molar refractivity (Wildman–Crippen MR) is 68.5 cm³/mol. The van der Waals surface area contributed by atoms with E-state index in [4.69, 9.17) is 0 Å². The number of rotatable bonds is 5. The zero-order valence-electron chi connectivity index (χ0n) is 10.9. The molecule has 0 aromatic carbocycles. The molecule has 0 aliphatic heterocycles. The lowest BCUT2D eigenvalue weighted by atomic mass is 9.76. The molecule has 1 unspecified atom stereocenters. The fourth-order valence-electron chi connectivity index (χ4n) is 1.15. The molecule has 0 saturated carbocycles. The molecule has 0 radical (unpaired) electrons. The molecule has 14 heavy (non-hydrogen) atoms. The molecule has 0 heteroatoms. The van der Waals surface area contributed by atoms with Crippen LogP contribution in [0.2, 0.25) is 0 Å². The molecular formula is C14H28. The Bertz CT molecular complexity index is 153. The van der Waals surface area contributed by atoms with Crippen molar-refractivity contribution in [2.75, 3.05) is 0 Å². The molecule has 0 aliphatic carbocycles. The maximum atomic E-state index is 3.70. The molecule has 0 rings (SSSR count). The highest BCUT2D eigenvalue weighted by molar-refractivity contribution is 5.00. The second-order valence-corrected chi connectivity index (χ2v) is 3.94. The van der Waals surface area contributed by atoms with Crippen molar-refractivity contribution < 1.29 is 0 Å². The van der Waals surface area contributed by atoms with Crippen LogP contribution >= 0.6 is 0 Å². The second kappa shape index (κ2) is 9.05. The summed E-state index contributed by atoms with van der Waals surface area (Å²) in [6, 6.07) is 0. The summed E-state index contributed by atoms with van der Waals surface area (Å²) >= 11 is 0. The van der Waals surface area contributed by atoms with E-state index in [0.717, 1.165) is 6.42 Å². The zero-order chi connectivity index (χ0) is 11.6. The minimum Gasteiger partial charge on any atom is -0.103 e. The Morgan fingerprint density at radius 1 is 1.29 bits per heavy atom. The van der Waals surface area contributed by atoms with Crippen LogP contribution < -0.4 is 0 Å². The monoisotopic (exact) mass is 196 g/mol. The highest BCUT2D eigenvalue weighted by Crippen LogP contribution is 2.32. The lowest BCUT2D eigenvalue weighted by molar-refractivity contribution is 0.286. The van der Waals surface area contributed by atoms with Gasteiger partial charge in [0.1, 0.15) is 0 Å². The van der Waals surface area contributed by atoms with E-state index in [1.165, 1.54) is 6.42 Å². The number of hydrogen-bond acceptors (Lipinski definition) is 0. The van der Waals surface area contributed by atoms with Crippen LogP contribution in [0.1, 0.15) is 54.4 Å². The maximum absolute atomic E-state index is 3.70. The van der Waals surface area contributed by atoms with Gasteiger partial charge in [0.15, 0.2) is 0 Å². The highest BCUT2D eigenvalue weighted by atomic mass is 14.3. The van der Waals surface area contributed by atoms with E-state index in [-0.39, 0.29) is 0 Å². The molecular weight excluding hydrogens is 168 g/mol. The largest absolute Gasteiger partial charge is 0.103 e. The Morgan fingerprint density at radius 2 is 1.79 bits per heavy atom. The molecule has 0 amide bonds. The lowest BCUT2D eigenvalue weighted by Crippen LogP contribution is -2.19. The van der Waals surface area contributed by atoms with Crippen molar-refractivity contribution in [1.29, 1.82) is 0 Å². The molecule has 1 atom stereocenters. The average molecular weight is 196 g/mol. The highest BCUT2D eigenvalue weighted by Gasteiger charge is 2.21. The summed E-state index contributed by atoms with van der Waals surface area (Å²) in [4.78, 5) is 0. The molecule has 84 valence electrons. The molecule has 0 nitrogen and oxygen atoms in total. The summed E-state index contributed by atoms with van der Waals surface area (Å²) in [6.45, 7) is 16.8. The Morgan fingerprint density at radius 3 is 2.07 bits per heavy atom. The fourth-order valence-corrected chi connectivity index (χ4v) is 1.15. The Hall–Kier alpha value is -0.520. The van der Waals surface area contributed by atoms with Gasteiger partial charge in [-0.25, -0.2) is 0 Å². The van der Waals surface area contributed by atoms with Gasteiger partial charge in [0.25, 0.3) is 0 Å². The number of allylic oxidation sites excluding steroid dienone is 3. The van der Waals surface area contributed by atoms with Crippen LogP contribution in [-0.2, 0) is 0 Å². The van der Waals surface area contributed by atoms with Crippen molar-refractivity contribution in [2.45, 2.75) is 54.4 Å². The van der Waals surface area contributed by atoms with E-state index < -0.39 is 0 Å². The van der Waals surface area contributed by atoms with Gasteiger partial charge in [-0.1, -0.05) is 59.8 Å². The first-order chi connectivity index (χ1) is 6.56. The summed E-state index contributed by atoms with van der Waals surface area (Å²) in [6.07, 6.45) is 8.68. The van der Waals surface area contributed by atoms with E-state index in [1.54, 1.807) is 0 Å². The van der Waals surface area contributed by atoms with Crippen LogP contribution in [0.5, 0.6) is 0 Å². The van der Waals surface area contributed by atoms with E-state index >= 15 is 0 Å². The van der Waals surface area contributed by atoms with E-state index in [1.807, 2.05) is 19.9 Å². The average Bonchev–Trinajstić information content (AvgIpc) is 2.20. The van der Waals surface area contributed by atoms with Crippen molar-refractivity contribution in [1.82, 2.24) is 0 Å². The Labute approximate surface area is 91.1 Å². The zero-order valence-corrected chi connectivity index (χ0v) is 10.9. The molecule has 0 N–H and O–H groups in total. The van der Waals surface area contributed by atoms with Crippen LogP contribution in [0, 0.1) is 11.3 Å². The van der Waals surface area contributed by atoms with Crippen LogP contribution in [0.3, 0.4) is 0 Å². The second-order valence-electron chi connectivity index (χ2n) is 3.94. The maximum Gasteiger partial charge on any atom is -0.0126 e. The summed E-state index contributed by atoms with van der Waals surface area (Å²) < 4.78 is 0. The Kier molecular flexibility index (Phi) is 10.3. The molecule has 0 fully saturated rings. The van der Waals surface area contributed by atoms with Gasteiger partial charge in [-0.05, 0) is 24.2 Å². The Balaban J connectivity index is 0. The third-order valence-electron chi connectivity index (χ3n) is 2.88. The van der Waals surface area contributed by atoms with Gasteiger partial charge in [0, 0.05) is 0 Å². The number of hydrogen-bond donors (Lipinski definition) is 0. The SMILES string of the molecule is C=CC/C=C\C(C)(CC)C(C)C.CC. The van der Waals surface area contributed by atoms with Crippen LogP contribution in [0.15, 0.2) is 24.8 Å². The minimum absolute atomic E-state index is 0.364. The lowest BCUT2D eigenvalue weighted by Gasteiger charge is -2.29. The van der Waals surface area contributed by atoms with Gasteiger partial charge in [-0.2, -0.15) is 0 Å². The van der Waals surface area contributed by atoms with E-state index in [0.29, 0.717) is 11.3 Å². The van der Waals surface area contributed by atoms with Crippen molar-refractivity contribution in [3.05, 3.63) is 24.8 Å². The fraction of sp³-hybridized carbons (Fsp3) is 0.714. The first-order valence-corrected chi connectivity index (χ1v) is 5.85. The van der Waals surface area contributed by atoms with Crippen LogP contribution in [0.4, 0.5) is 0 Å². The van der Waals surface area contributed by atoms with Gasteiger partial charge in [0.2, 0.25) is 0 Å². The van der Waals surface area contributed by atoms with Gasteiger partial charge < -0.3 is 0 Å². The molecule has 0 aromatic rings. The molecule has 0 spiro atoms. The topological polar surface area (TPSA) is 0 Å². The van der Waals surface area contributed by atoms with E-state index in [9.17, 15) is 0 Å². The van der Waals surface area contributed by atoms with Gasteiger partial charge in [-0.15, -0.1) is 6.58 Å². The normalized spacial score (nSPS) is 14.8. The predicted octanol–water partition coefficient (Wildman–Crippen LogP) is 5.22. The van der Waals surface area contributed by atoms with Gasteiger partial charge in [-0.3, -0.25) is 0 Å². The van der Waals surface area contributed by atoms with Crippen LogP contribution in [0.25, 0.3) is 0 Å². The first kappa shape index (κ1) is 15.9. The summed E-state index contributed by atoms with van der Waals surface area (Å²) in [5, 5.41) is 0. The van der Waals surface area contributed by atoms with Crippen molar-refractivity contribution in [3.63, 3.8) is 0 Å². The third kappa shape index (κ3) is 6.01. The van der Waals surface area contributed by atoms with Crippen molar-refractivity contribution in [2.24, 2.45) is 11.3 Å². The van der Waals surface area contributed by atoms with Gasteiger partial charge in [0.05, 0.1) is 0 Å². The van der Waals surface area contributed by atoms with Crippen molar-refractivity contribution >= 4 is 0 Å². The molecule has 0 aliphatic rings. The van der Waals surface area contributed by atoms with Crippen molar-refractivity contribution in [3.8, 4) is 0 Å². The smallest absolute Gasteiger partial charge is 0.0126 e. The first-order valence-electron chi connectivity index (χ1n) is 5.85. The molecule has 0 heterocycles. The standard InChI is InChI=1S/C12H22.C2H6/c1-6-8-9-10-12(5,7-2)11(3)4;1-2/h6,9-11H,1,7-8H2,2-5H3;1-2H3/b10-9-;.